The third-order valence-corrected chi connectivity index (χ3v) is 8.53. The van der Waals surface area contributed by atoms with Crippen molar-refractivity contribution in [2.45, 2.75) is 33.5 Å². The van der Waals surface area contributed by atoms with E-state index in [-0.39, 0.29) is 0 Å². The highest BCUT2D eigenvalue weighted by molar-refractivity contribution is 7.76. The predicted molar refractivity (Wildman–Crippen MR) is 55.0 cm³/mol. The minimum atomic E-state index is -0.752. The molecule has 68 valence electrons. The maximum absolute atomic E-state index is 5.44. The highest BCUT2D eigenvalue weighted by Crippen LogP contribution is 2.62. The average molecular weight is 177 g/mol. The standard InChI is InChI=1S/C9H22OP/c1-6-11(7-2,8-3)9(4)10-5/h9H,6-8H2,1-5H3/q+1. The van der Waals surface area contributed by atoms with Gasteiger partial charge in [0.15, 0.2) is 5.85 Å². The van der Waals surface area contributed by atoms with Crippen LogP contribution >= 0.6 is 7.26 Å². The summed E-state index contributed by atoms with van der Waals surface area (Å²) in [5.74, 6) is 0.502. The van der Waals surface area contributed by atoms with E-state index in [1.54, 1.807) is 0 Å². The molecule has 0 aromatic rings. The predicted octanol–water partition coefficient (Wildman–Crippen LogP) is 3.06. The van der Waals surface area contributed by atoms with Crippen molar-refractivity contribution in [2.24, 2.45) is 0 Å². The summed E-state index contributed by atoms with van der Waals surface area (Å²) in [6.07, 6.45) is 3.99. The van der Waals surface area contributed by atoms with Gasteiger partial charge >= 0.3 is 0 Å². The van der Waals surface area contributed by atoms with E-state index < -0.39 is 7.26 Å². The first-order chi connectivity index (χ1) is 5.16. The lowest BCUT2D eigenvalue weighted by molar-refractivity contribution is 0.180. The van der Waals surface area contributed by atoms with Crippen LogP contribution in [0.15, 0.2) is 0 Å². The molecule has 0 rings (SSSR count). The normalized spacial score (nSPS) is 15.0. The van der Waals surface area contributed by atoms with Crippen LogP contribution in [0.25, 0.3) is 0 Å². The van der Waals surface area contributed by atoms with Crippen LogP contribution in [0.4, 0.5) is 0 Å². The molecule has 0 aromatic heterocycles. The first-order valence-electron chi connectivity index (χ1n) is 4.55. The lowest BCUT2D eigenvalue weighted by atomic mass is 10.8. The second-order valence-corrected chi connectivity index (χ2v) is 8.06. The third-order valence-electron chi connectivity index (χ3n) is 3.00. The first-order valence-corrected chi connectivity index (χ1v) is 6.96. The molecule has 0 radical (unpaired) electrons. The van der Waals surface area contributed by atoms with E-state index in [1.807, 2.05) is 7.11 Å². The zero-order chi connectivity index (χ0) is 8.91. The van der Waals surface area contributed by atoms with Crippen molar-refractivity contribution in [1.82, 2.24) is 0 Å². The molecule has 0 saturated heterocycles. The molecule has 1 nitrogen and oxygen atoms in total. The van der Waals surface area contributed by atoms with Gasteiger partial charge in [-0.2, -0.15) is 0 Å². The van der Waals surface area contributed by atoms with Gasteiger partial charge in [-0.3, -0.25) is 0 Å². The van der Waals surface area contributed by atoms with Gasteiger partial charge in [-0.1, -0.05) is 0 Å². The topological polar surface area (TPSA) is 9.23 Å². The van der Waals surface area contributed by atoms with Crippen LogP contribution in [0.3, 0.4) is 0 Å². The third kappa shape index (κ3) is 2.42. The zero-order valence-electron chi connectivity index (χ0n) is 8.55. The summed E-state index contributed by atoms with van der Waals surface area (Å²) in [7, 11) is 1.08. The molecular formula is C9H22OP+. The maximum Gasteiger partial charge on any atom is 0.163 e. The van der Waals surface area contributed by atoms with E-state index in [2.05, 4.69) is 27.7 Å². The van der Waals surface area contributed by atoms with Gasteiger partial charge in [-0.15, -0.1) is 0 Å². The van der Waals surface area contributed by atoms with Gasteiger partial charge in [-0.25, -0.2) is 0 Å². The molecule has 0 aliphatic rings. The molecule has 2 heteroatoms. The van der Waals surface area contributed by atoms with Crippen LogP contribution in [0.2, 0.25) is 0 Å². The van der Waals surface area contributed by atoms with Crippen molar-refractivity contribution in [3.05, 3.63) is 0 Å². The molecule has 0 spiro atoms. The van der Waals surface area contributed by atoms with Crippen molar-refractivity contribution < 1.29 is 4.74 Å². The molecule has 1 atom stereocenters. The van der Waals surface area contributed by atoms with Crippen LogP contribution in [-0.4, -0.2) is 31.4 Å². The van der Waals surface area contributed by atoms with Gasteiger partial charge < -0.3 is 4.74 Å². The Morgan fingerprint density at radius 3 is 1.55 bits per heavy atom. The minimum absolute atomic E-state index is 0.502. The highest BCUT2D eigenvalue weighted by atomic mass is 31.2. The lowest BCUT2D eigenvalue weighted by Crippen LogP contribution is -2.18. The summed E-state index contributed by atoms with van der Waals surface area (Å²) < 4.78 is 5.44. The summed E-state index contributed by atoms with van der Waals surface area (Å²) >= 11 is 0. The second-order valence-electron chi connectivity index (χ2n) is 3.00. The van der Waals surface area contributed by atoms with E-state index in [9.17, 15) is 0 Å². The first kappa shape index (κ1) is 11.4. The van der Waals surface area contributed by atoms with E-state index in [0.29, 0.717) is 5.85 Å². The van der Waals surface area contributed by atoms with Gasteiger partial charge in [-0.05, 0) is 27.7 Å². The molecule has 11 heavy (non-hydrogen) atoms. The second kappa shape index (κ2) is 5.11. The Kier molecular flexibility index (Phi) is 5.29. The molecule has 0 fully saturated rings. The van der Waals surface area contributed by atoms with Gasteiger partial charge in [0.05, 0.1) is 18.5 Å². The Hall–Kier alpha value is 0.390. The molecule has 0 saturated carbocycles. The Morgan fingerprint density at radius 2 is 1.45 bits per heavy atom. The molecule has 1 unspecified atom stereocenters. The van der Waals surface area contributed by atoms with Gasteiger partial charge in [0.25, 0.3) is 0 Å². The Balaban J connectivity index is 4.26. The fraction of sp³-hybridized carbons (Fsp3) is 1.00. The SMILES string of the molecule is CC[P+](CC)(CC)C(C)OC. The van der Waals surface area contributed by atoms with E-state index in [0.717, 1.165) is 0 Å². The zero-order valence-corrected chi connectivity index (χ0v) is 9.45. The van der Waals surface area contributed by atoms with Crippen molar-refractivity contribution >= 4 is 7.26 Å². The van der Waals surface area contributed by atoms with Gasteiger partial charge in [0.2, 0.25) is 0 Å². The fourth-order valence-electron chi connectivity index (χ4n) is 1.67. The van der Waals surface area contributed by atoms with Crippen LogP contribution in [0.5, 0.6) is 0 Å². The monoisotopic (exact) mass is 177 g/mol. The number of ether oxygens (including phenoxy) is 1. The number of hydrogen-bond donors (Lipinski definition) is 0. The lowest BCUT2D eigenvalue weighted by Gasteiger charge is -2.28. The van der Waals surface area contributed by atoms with Crippen LogP contribution < -0.4 is 0 Å². The molecule has 0 amide bonds. The summed E-state index contributed by atoms with van der Waals surface area (Å²) in [4.78, 5) is 0. The Labute approximate surface area is 71.9 Å². The Bertz CT molecular complexity index is 91.5. The smallest absolute Gasteiger partial charge is 0.163 e. The van der Waals surface area contributed by atoms with Gasteiger partial charge in [0, 0.05) is 14.4 Å². The number of hydrogen-bond acceptors (Lipinski definition) is 1. The van der Waals surface area contributed by atoms with E-state index in [4.69, 9.17) is 4.74 Å². The molecule has 0 aliphatic heterocycles. The van der Waals surface area contributed by atoms with Crippen molar-refractivity contribution in [3.63, 3.8) is 0 Å². The average Bonchev–Trinajstić information content (AvgIpc) is 2.08. The number of rotatable bonds is 5. The molecule has 0 bridgehead atoms. The fourth-order valence-corrected chi connectivity index (χ4v) is 5.00. The summed E-state index contributed by atoms with van der Waals surface area (Å²) in [6.45, 7) is 9.13. The van der Waals surface area contributed by atoms with Crippen molar-refractivity contribution in [3.8, 4) is 0 Å². The molecular weight excluding hydrogens is 155 g/mol. The largest absolute Gasteiger partial charge is 0.347 e. The quantitative estimate of drug-likeness (QED) is 0.586. The summed E-state index contributed by atoms with van der Waals surface area (Å²) in [5.41, 5.74) is 0. The molecule has 0 aromatic carbocycles. The molecule has 0 N–H and O–H groups in total. The van der Waals surface area contributed by atoms with E-state index >= 15 is 0 Å². The minimum Gasteiger partial charge on any atom is -0.347 e. The summed E-state index contributed by atoms with van der Waals surface area (Å²) in [6, 6.07) is 0. The molecule has 0 heterocycles. The van der Waals surface area contributed by atoms with Crippen LogP contribution in [0.1, 0.15) is 27.7 Å². The summed E-state index contributed by atoms with van der Waals surface area (Å²) in [5, 5.41) is 0. The Morgan fingerprint density at radius 1 is 1.09 bits per heavy atom. The molecule has 0 aliphatic carbocycles. The van der Waals surface area contributed by atoms with Crippen molar-refractivity contribution in [1.29, 1.82) is 0 Å². The number of methoxy groups -OCH3 is 1. The van der Waals surface area contributed by atoms with Crippen LogP contribution in [-0.2, 0) is 4.74 Å². The van der Waals surface area contributed by atoms with Crippen molar-refractivity contribution in [2.75, 3.05) is 25.6 Å². The van der Waals surface area contributed by atoms with E-state index in [1.165, 1.54) is 18.5 Å². The van der Waals surface area contributed by atoms with Gasteiger partial charge in [0.1, 0.15) is 0 Å². The highest BCUT2D eigenvalue weighted by Gasteiger charge is 2.37. The van der Waals surface area contributed by atoms with Crippen LogP contribution in [0, 0.1) is 0 Å². The maximum atomic E-state index is 5.44.